The number of hydrogen-bond acceptors (Lipinski definition) is 2. The largest absolute Gasteiger partial charge is 0.478 e. The minimum Gasteiger partial charge on any atom is -0.478 e. The Morgan fingerprint density at radius 2 is 2.06 bits per heavy atom. The predicted molar refractivity (Wildman–Crippen MR) is 76.0 cm³/mol. The van der Waals surface area contributed by atoms with Gasteiger partial charge in [-0.15, -0.1) is 0 Å². The third kappa shape index (κ3) is 3.13. The molecule has 1 fully saturated rings. The highest BCUT2D eigenvalue weighted by molar-refractivity contribution is 9.10. The van der Waals surface area contributed by atoms with Crippen LogP contribution in [0.2, 0.25) is 0 Å². The van der Waals surface area contributed by atoms with E-state index in [1.165, 1.54) is 17.3 Å². The van der Waals surface area contributed by atoms with Crippen molar-refractivity contribution in [2.75, 3.05) is 18.0 Å². The molecule has 0 unspecified atom stereocenters. The van der Waals surface area contributed by atoms with E-state index in [4.69, 9.17) is 5.11 Å². The first kappa shape index (κ1) is 13.1. The molecule has 0 radical (unpaired) electrons. The zero-order valence-electron chi connectivity index (χ0n) is 10.3. The molecule has 0 atom stereocenters. The molecule has 1 aliphatic rings. The maximum atomic E-state index is 10.6. The second-order valence-electron chi connectivity index (χ2n) is 4.58. The average Bonchev–Trinajstić information content (AvgIpc) is 2.30. The number of piperidine rings is 1. The molecule has 0 bridgehead atoms. The number of carboxylic acids is 1. The molecule has 2 rings (SSSR count). The van der Waals surface area contributed by atoms with Crippen LogP contribution in [0.15, 0.2) is 34.3 Å². The highest BCUT2D eigenvalue weighted by Crippen LogP contribution is 2.30. The number of aliphatic carboxylic acids is 1. The topological polar surface area (TPSA) is 40.5 Å². The van der Waals surface area contributed by atoms with Gasteiger partial charge in [-0.2, -0.15) is 0 Å². The van der Waals surface area contributed by atoms with Crippen molar-refractivity contribution >= 4 is 27.6 Å². The van der Waals surface area contributed by atoms with Gasteiger partial charge >= 0.3 is 5.97 Å². The van der Waals surface area contributed by atoms with Gasteiger partial charge in [-0.25, -0.2) is 4.79 Å². The molecule has 0 saturated carbocycles. The van der Waals surface area contributed by atoms with E-state index in [0.29, 0.717) is 0 Å². The molecule has 4 heteroatoms. The zero-order valence-corrected chi connectivity index (χ0v) is 11.9. The molecule has 1 aromatic carbocycles. The van der Waals surface area contributed by atoms with Crippen molar-refractivity contribution in [2.24, 2.45) is 0 Å². The van der Waals surface area contributed by atoms with Crippen molar-refractivity contribution in [1.82, 2.24) is 0 Å². The number of rotatable bonds is 2. The molecule has 1 aliphatic heterocycles. The first-order valence-corrected chi connectivity index (χ1v) is 6.79. The molecule has 0 aromatic heterocycles. The summed E-state index contributed by atoms with van der Waals surface area (Å²) in [5, 5.41) is 8.73. The van der Waals surface area contributed by atoms with E-state index < -0.39 is 5.97 Å². The summed E-state index contributed by atoms with van der Waals surface area (Å²) in [7, 11) is 0. The van der Waals surface area contributed by atoms with Gasteiger partial charge in [-0.05, 0) is 53.4 Å². The van der Waals surface area contributed by atoms with Crippen molar-refractivity contribution in [3.63, 3.8) is 0 Å². The van der Waals surface area contributed by atoms with Crippen LogP contribution in [0.5, 0.6) is 0 Å². The van der Waals surface area contributed by atoms with E-state index in [0.717, 1.165) is 36.0 Å². The molecule has 3 nitrogen and oxygen atoms in total. The van der Waals surface area contributed by atoms with E-state index in [9.17, 15) is 4.79 Å². The van der Waals surface area contributed by atoms with Gasteiger partial charge in [0.2, 0.25) is 0 Å². The number of benzene rings is 1. The van der Waals surface area contributed by atoms with Crippen LogP contribution in [0.4, 0.5) is 5.69 Å². The molecule has 1 saturated heterocycles. The van der Waals surface area contributed by atoms with Crippen LogP contribution in [-0.4, -0.2) is 24.2 Å². The van der Waals surface area contributed by atoms with Crippen molar-refractivity contribution in [2.45, 2.75) is 19.8 Å². The number of carbonyl (C=O) groups is 1. The highest BCUT2D eigenvalue weighted by atomic mass is 79.9. The first-order valence-electron chi connectivity index (χ1n) is 6.00. The van der Waals surface area contributed by atoms with Crippen LogP contribution in [0.1, 0.15) is 18.4 Å². The maximum Gasteiger partial charge on any atom is 0.328 e. The lowest BCUT2D eigenvalue weighted by atomic mass is 10.0. The summed E-state index contributed by atoms with van der Waals surface area (Å²) in [5.74, 6) is -0.838. The normalized spacial score (nSPS) is 15.7. The Hall–Kier alpha value is -1.29. The molecule has 0 aliphatic carbocycles. The van der Waals surface area contributed by atoms with Crippen molar-refractivity contribution in [3.8, 4) is 0 Å². The fourth-order valence-electron chi connectivity index (χ4n) is 2.22. The summed E-state index contributed by atoms with van der Waals surface area (Å²) in [6.07, 6.45) is 3.00. The molecule has 18 heavy (non-hydrogen) atoms. The number of nitrogens with zero attached hydrogens (tertiary/aromatic N) is 1. The van der Waals surface area contributed by atoms with Gasteiger partial charge in [0.25, 0.3) is 0 Å². The average molecular weight is 310 g/mol. The lowest BCUT2D eigenvalue weighted by molar-refractivity contribution is -0.131. The Labute approximate surface area is 115 Å². The van der Waals surface area contributed by atoms with Gasteiger partial charge in [0, 0.05) is 23.6 Å². The number of halogens is 1. The van der Waals surface area contributed by atoms with Crippen LogP contribution in [-0.2, 0) is 4.79 Å². The first-order chi connectivity index (χ1) is 8.56. The van der Waals surface area contributed by atoms with Gasteiger partial charge in [0.15, 0.2) is 0 Å². The third-order valence-electron chi connectivity index (χ3n) is 3.18. The second kappa shape index (κ2) is 5.57. The van der Waals surface area contributed by atoms with E-state index in [1.807, 2.05) is 0 Å². The molecule has 0 spiro atoms. The Bertz CT molecular complexity index is 487. The van der Waals surface area contributed by atoms with E-state index >= 15 is 0 Å². The van der Waals surface area contributed by atoms with E-state index in [2.05, 4.69) is 46.0 Å². The molecule has 1 heterocycles. The van der Waals surface area contributed by atoms with Crippen LogP contribution in [0.3, 0.4) is 0 Å². The number of aryl methyl sites for hydroxylation is 1. The standard InChI is InChI=1S/C14H16BrNO2/c1-10-2-3-13(12(15)8-10)16-6-4-11(5-7-16)9-14(17)18/h2-3,8-9H,4-7H2,1H3,(H,17,18). The monoisotopic (exact) mass is 309 g/mol. The summed E-state index contributed by atoms with van der Waals surface area (Å²) >= 11 is 3.59. The summed E-state index contributed by atoms with van der Waals surface area (Å²) in [5.41, 5.74) is 3.45. The SMILES string of the molecule is Cc1ccc(N2CCC(=CC(=O)O)CC2)c(Br)c1. The Morgan fingerprint density at radius 1 is 1.39 bits per heavy atom. The summed E-state index contributed by atoms with van der Waals surface area (Å²) in [6.45, 7) is 3.82. The minimum atomic E-state index is -0.838. The van der Waals surface area contributed by atoms with Crippen molar-refractivity contribution in [3.05, 3.63) is 39.9 Å². The van der Waals surface area contributed by atoms with Crippen molar-refractivity contribution < 1.29 is 9.90 Å². The smallest absolute Gasteiger partial charge is 0.328 e. The summed E-state index contributed by atoms with van der Waals surface area (Å²) in [4.78, 5) is 12.9. The van der Waals surface area contributed by atoms with Crippen LogP contribution >= 0.6 is 15.9 Å². The summed E-state index contributed by atoms with van der Waals surface area (Å²) in [6, 6.07) is 6.33. The van der Waals surface area contributed by atoms with Crippen LogP contribution in [0, 0.1) is 6.92 Å². The lowest BCUT2D eigenvalue weighted by Crippen LogP contribution is -2.31. The Kier molecular flexibility index (Phi) is 4.07. The van der Waals surface area contributed by atoms with E-state index in [-0.39, 0.29) is 0 Å². The summed E-state index contributed by atoms with van der Waals surface area (Å²) < 4.78 is 1.10. The molecule has 1 aromatic rings. The molecule has 1 N–H and O–H groups in total. The van der Waals surface area contributed by atoms with Gasteiger partial charge < -0.3 is 10.0 Å². The number of hydrogen-bond donors (Lipinski definition) is 1. The Morgan fingerprint density at radius 3 is 2.61 bits per heavy atom. The van der Waals surface area contributed by atoms with Crippen LogP contribution in [0.25, 0.3) is 0 Å². The van der Waals surface area contributed by atoms with Crippen LogP contribution < -0.4 is 4.90 Å². The predicted octanol–water partition coefficient (Wildman–Crippen LogP) is 3.37. The molecular weight excluding hydrogens is 294 g/mol. The Balaban J connectivity index is 2.08. The van der Waals surface area contributed by atoms with Gasteiger partial charge in [-0.3, -0.25) is 0 Å². The molecule has 96 valence electrons. The lowest BCUT2D eigenvalue weighted by Gasteiger charge is -2.31. The van der Waals surface area contributed by atoms with Crippen molar-refractivity contribution in [1.29, 1.82) is 0 Å². The second-order valence-corrected chi connectivity index (χ2v) is 5.44. The number of anilines is 1. The maximum absolute atomic E-state index is 10.6. The van der Waals surface area contributed by atoms with E-state index in [1.54, 1.807) is 0 Å². The number of carboxylic acid groups (broad SMARTS) is 1. The minimum absolute atomic E-state index is 0.826. The van der Waals surface area contributed by atoms with Gasteiger partial charge in [0.1, 0.15) is 0 Å². The fourth-order valence-corrected chi connectivity index (χ4v) is 2.97. The molecular formula is C14H16BrNO2. The fraction of sp³-hybridized carbons (Fsp3) is 0.357. The third-order valence-corrected chi connectivity index (χ3v) is 3.81. The van der Waals surface area contributed by atoms with Gasteiger partial charge in [-0.1, -0.05) is 11.6 Å². The zero-order chi connectivity index (χ0) is 13.1. The highest BCUT2D eigenvalue weighted by Gasteiger charge is 2.16. The van der Waals surface area contributed by atoms with Gasteiger partial charge in [0.05, 0.1) is 5.69 Å². The quantitative estimate of drug-likeness (QED) is 0.852. The molecule has 0 amide bonds.